The fraction of sp³-hybridized carbons (Fsp3) is 0.259. The molecule has 41 heavy (non-hydrogen) atoms. The lowest BCUT2D eigenvalue weighted by Crippen LogP contribution is -2.46. The van der Waals surface area contributed by atoms with Gasteiger partial charge in [0, 0.05) is 43.5 Å². The first-order valence-electron chi connectivity index (χ1n) is 13.3. The molecule has 1 saturated heterocycles. The number of azo groups is 1. The van der Waals surface area contributed by atoms with Gasteiger partial charge < -0.3 is 15.6 Å². The number of nitrogens with one attached hydrogen (secondary N) is 1. The van der Waals surface area contributed by atoms with E-state index in [1.165, 1.54) is 4.68 Å². The number of rotatable bonds is 6. The minimum absolute atomic E-state index is 0.0394. The Bertz CT molecular complexity index is 1880. The van der Waals surface area contributed by atoms with Crippen LogP contribution in [0.4, 0.5) is 11.5 Å². The van der Waals surface area contributed by atoms with Gasteiger partial charge in [-0.25, -0.2) is 9.61 Å². The average molecular weight is 551 g/mol. The summed E-state index contributed by atoms with van der Waals surface area (Å²) in [6.07, 6.45) is 0. The van der Waals surface area contributed by atoms with Gasteiger partial charge in [-0.15, -0.1) is 15.3 Å². The number of hydrogen-bond donors (Lipinski definition) is 2. The zero-order chi connectivity index (χ0) is 27.9. The van der Waals surface area contributed by atoms with Crippen molar-refractivity contribution in [2.45, 2.75) is 13.5 Å². The highest BCUT2D eigenvalue weighted by Crippen LogP contribution is 2.43. The molecule has 0 unspecified atom stereocenters. The normalized spacial score (nSPS) is 15.1. The summed E-state index contributed by atoms with van der Waals surface area (Å²) >= 11 is 0. The van der Waals surface area contributed by atoms with Crippen LogP contribution >= 0.6 is 0 Å². The van der Waals surface area contributed by atoms with E-state index in [9.17, 15) is 4.79 Å². The summed E-state index contributed by atoms with van der Waals surface area (Å²) in [6.45, 7) is 7.01. The van der Waals surface area contributed by atoms with Crippen LogP contribution in [-0.4, -0.2) is 83.7 Å². The zero-order valence-electron chi connectivity index (χ0n) is 22.2. The van der Waals surface area contributed by atoms with Crippen molar-refractivity contribution in [1.82, 2.24) is 45.1 Å². The number of nitrogen functional groups attached to an aromatic ring is 1. The van der Waals surface area contributed by atoms with Crippen LogP contribution in [0, 0.1) is 0 Å². The van der Waals surface area contributed by atoms with Crippen molar-refractivity contribution >= 4 is 39.2 Å². The summed E-state index contributed by atoms with van der Waals surface area (Å²) in [5.41, 5.74) is 10.2. The number of amides is 1. The molecule has 7 rings (SSSR count). The summed E-state index contributed by atoms with van der Waals surface area (Å²) in [6, 6.07) is 15.5. The Kier molecular flexibility index (Phi) is 6.17. The Balaban J connectivity index is 1.27. The molecule has 206 valence electrons. The second kappa shape index (κ2) is 10.1. The number of aromatic amines is 1. The Morgan fingerprint density at radius 2 is 1.78 bits per heavy atom. The van der Waals surface area contributed by atoms with E-state index in [1.807, 2.05) is 48.5 Å². The van der Waals surface area contributed by atoms with E-state index >= 15 is 0 Å². The first-order chi connectivity index (χ1) is 20.1. The number of nitrogens with two attached hydrogens (primary N) is 1. The van der Waals surface area contributed by atoms with Crippen LogP contribution in [0.3, 0.4) is 0 Å². The van der Waals surface area contributed by atoms with Gasteiger partial charge in [0.1, 0.15) is 5.69 Å². The van der Waals surface area contributed by atoms with Crippen LogP contribution in [-0.2, 0) is 6.54 Å². The van der Waals surface area contributed by atoms with Crippen molar-refractivity contribution in [2.75, 3.05) is 38.5 Å². The van der Waals surface area contributed by atoms with E-state index in [1.54, 1.807) is 0 Å². The molecule has 0 radical (unpaired) electrons. The summed E-state index contributed by atoms with van der Waals surface area (Å²) in [4.78, 5) is 26.4. The van der Waals surface area contributed by atoms with Gasteiger partial charge in [-0.1, -0.05) is 48.5 Å². The van der Waals surface area contributed by atoms with Gasteiger partial charge in [-0.3, -0.25) is 9.69 Å². The molecule has 2 aromatic heterocycles. The molecule has 3 N–H and O–H groups in total. The van der Waals surface area contributed by atoms with Gasteiger partial charge in [-0.05, 0) is 29.0 Å². The molecule has 0 bridgehead atoms. The fourth-order valence-electron chi connectivity index (χ4n) is 5.28. The predicted octanol–water partition coefficient (Wildman–Crippen LogP) is 3.43. The second-order valence-corrected chi connectivity index (χ2v) is 9.86. The van der Waals surface area contributed by atoms with E-state index < -0.39 is 5.91 Å². The minimum atomic E-state index is -0.638. The van der Waals surface area contributed by atoms with Gasteiger partial charge in [0.05, 0.1) is 28.1 Å². The lowest BCUT2D eigenvalue weighted by Gasteiger charge is -2.33. The molecule has 0 spiro atoms. The maximum absolute atomic E-state index is 13.5. The third-order valence-corrected chi connectivity index (χ3v) is 7.50. The lowest BCUT2D eigenvalue weighted by molar-refractivity contribution is 0.0985. The summed E-state index contributed by atoms with van der Waals surface area (Å²) in [7, 11) is 0. The number of carbonyl (C=O) groups excluding carboxylic acids is 1. The van der Waals surface area contributed by atoms with E-state index in [-0.39, 0.29) is 17.3 Å². The number of nitrogens with zero attached hydrogens (tertiary/aromatic N) is 10. The first kappa shape index (κ1) is 24.9. The minimum Gasteiger partial charge on any atom is -0.378 e. The van der Waals surface area contributed by atoms with E-state index in [4.69, 9.17) is 15.3 Å². The quantitative estimate of drug-likeness (QED) is 0.293. The zero-order valence-corrected chi connectivity index (χ0v) is 22.2. The van der Waals surface area contributed by atoms with Gasteiger partial charge in [0.25, 0.3) is 0 Å². The first-order valence-corrected chi connectivity index (χ1v) is 13.3. The maximum Gasteiger partial charge on any atom is 0.317 e. The van der Waals surface area contributed by atoms with E-state index in [2.05, 4.69) is 52.6 Å². The Hall–Kier alpha value is -5.08. The van der Waals surface area contributed by atoms with Crippen LogP contribution in [0.2, 0.25) is 0 Å². The van der Waals surface area contributed by atoms with Crippen LogP contribution in [0.1, 0.15) is 23.1 Å². The van der Waals surface area contributed by atoms with Crippen molar-refractivity contribution < 1.29 is 9.42 Å². The van der Waals surface area contributed by atoms with Crippen molar-refractivity contribution in [1.29, 1.82) is 0 Å². The average Bonchev–Trinajstić information content (AvgIpc) is 3.70. The van der Waals surface area contributed by atoms with Crippen molar-refractivity contribution in [3.63, 3.8) is 0 Å². The number of para-hydroxylation sites is 2. The number of H-pyrrole nitrogens is 1. The molecule has 4 heterocycles. The molecule has 14 heteroatoms. The third kappa shape index (κ3) is 4.38. The highest BCUT2D eigenvalue weighted by atomic mass is 16.6. The van der Waals surface area contributed by atoms with E-state index in [0.717, 1.165) is 60.2 Å². The second-order valence-electron chi connectivity index (χ2n) is 9.86. The van der Waals surface area contributed by atoms with Crippen LogP contribution in [0.15, 0.2) is 63.4 Å². The third-order valence-electron chi connectivity index (χ3n) is 7.50. The Morgan fingerprint density at radius 3 is 2.56 bits per heavy atom. The number of anilines is 1. The number of carbonyl (C=O) groups is 1. The summed E-state index contributed by atoms with van der Waals surface area (Å²) < 4.78 is 6.17. The molecule has 1 fully saturated rings. The molecule has 4 aromatic rings. The van der Waals surface area contributed by atoms with Crippen LogP contribution in [0.25, 0.3) is 39.0 Å². The standard InChI is InChI=1S/C27H26N12O2/c1-2-37-11-13-38(14-12-37)15-20-23(32-36-39(20)26-25(28)34-41-35-26)27(40)33-31-22-17-8-4-3-7-16(17)21-24(22)30-19-10-6-5-9-18(19)29-21/h3-10,30H,2,11-15H2,1H3,(H2,28,34). The van der Waals surface area contributed by atoms with Crippen LogP contribution < -0.4 is 5.73 Å². The number of fused-ring (bicyclic) bond motifs is 4. The predicted molar refractivity (Wildman–Crippen MR) is 150 cm³/mol. The fourth-order valence-corrected chi connectivity index (χ4v) is 5.28. The van der Waals surface area contributed by atoms with Gasteiger partial charge in [0.15, 0.2) is 5.69 Å². The number of hydrogen-bond acceptors (Lipinski definition) is 11. The Morgan fingerprint density at radius 1 is 1.02 bits per heavy atom. The molecule has 2 aromatic carbocycles. The largest absolute Gasteiger partial charge is 0.378 e. The van der Waals surface area contributed by atoms with Gasteiger partial charge >= 0.3 is 5.91 Å². The van der Waals surface area contributed by atoms with Crippen molar-refractivity contribution in [3.8, 4) is 17.2 Å². The topological polar surface area (TPSA) is 173 Å². The van der Waals surface area contributed by atoms with Gasteiger partial charge in [-0.2, -0.15) is 4.68 Å². The molecule has 0 atom stereocenters. The van der Waals surface area contributed by atoms with E-state index in [0.29, 0.717) is 23.6 Å². The maximum atomic E-state index is 13.5. The molecular weight excluding hydrogens is 524 g/mol. The smallest absolute Gasteiger partial charge is 0.317 e. The lowest BCUT2D eigenvalue weighted by atomic mass is 10.2. The number of piperazine rings is 1. The number of aromatic nitrogens is 7. The summed E-state index contributed by atoms with van der Waals surface area (Å²) in [5.74, 6) is -0.436. The molecule has 0 saturated carbocycles. The van der Waals surface area contributed by atoms with Crippen molar-refractivity contribution in [3.05, 3.63) is 59.9 Å². The van der Waals surface area contributed by atoms with Crippen LogP contribution in [0.5, 0.6) is 0 Å². The highest BCUT2D eigenvalue weighted by Gasteiger charge is 2.28. The SMILES string of the molecule is CCN1CCN(Cc2c(C(=O)N=Nc3c4[nH]c5ccccc5nc-4c4ccccc34)nnn2-c2nonc2N)CC1. The van der Waals surface area contributed by atoms with Crippen molar-refractivity contribution in [2.24, 2.45) is 10.2 Å². The number of likely N-dealkylation sites (N-methyl/N-ethyl adjacent to an activating group) is 1. The summed E-state index contributed by atoms with van der Waals surface area (Å²) in [5, 5.41) is 26.1. The molecule has 1 aliphatic carbocycles. The number of benzene rings is 2. The Labute approximate surface area is 233 Å². The molecule has 1 amide bonds. The molecular formula is C27H26N12O2. The van der Waals surface area contributed by atoms with Gasteiger partial charge in [0.2, 0.25) is 11.6 Å². The molecule has 14 nitrogen and oxygen atoms in total. The highest BCUT2D eigenvalue weighted by molar-refractivity contribution is 6.11. The monoisotopic (exact) mass is 550 g/mol. The molecule has 2 aliphatic heterocycles. The molecule has 3 aliphatic rings.